The van der Waals surface area contributed by atoms with Crippen molar-refractivity contribution in [2.75, 3.05) is 23.4 Å². The number of carbonyl (C=O) groups excluding carboxylic acids is 1. The van der Waals surface area contributed by atoms with Gasteiger partial charge >= 0.3 is 0 Å². The molecular formula is C11H20N6O. The number of rotatable bonds is 6. The summed E-state index contributed by atoms with van der Waals surface area (Å²) in [4.78, 5) is 21.6. The second-order valence-electron chi connectivity index (χ2n) is 3.92. The molecule has 7 heteroatoms. The predicted octanol–water partition coefficient (Wildman–Crippen LogP) is -0.0554. The lowest BCUT2D eigenvalue weighted by molar-refractivity contribution is -0.116. The maximum Gasteiger partial charge on any atom is 0.236 e. The molecule has 0 fully saturated rings. The molecule has 5 N–H and O–H groups in total. The van der Waals surface area contributed by atoms with Gasteiger partial charge in [0.05, 0.1) is 6.54 Å². The fourth-order valence-corrected chi connectivity index (χ4v) is 1.68. The number of hydrazine groups is 1. The molecule has 18 heavy (non-hydrogen) atoms. The number of hydrogen-bond donors (Lipinski definition) is 3. The molecule has 1 heterocycles. The van der Waals surface area contributed by atoms with Crippen molar-refractivity contribution in [3.05, 3.63) is 11.4 Å². The minimum atomic E-state index is -0.393. The summed E-state index contributed by atoms with van der Waals surface area (Å²) in [7, 11) is 0. The number of aryl methyl sites for hydroxylation is 1. The van der Waals surface area contributed by atoms with E-state index in [1.54, 1.807) is 4.90 Å². The third kappa shape index (κ3) is 3.07. The highest BCUT2D eigenvalue weighted by Crippen LogP contribution is 2.22. The van der Waals surface area contributed by atoms with Crippen LogP contribution in [0.5, 0.6) is 0 Å². The Hall–Kier alpha value is -1.89. The van der Waals surface area contributed by atoms with Crippen molar-refractivity contribution in [2.24, 2.45) is 11.6 Å². The van der Waals surface area contributed by atoms with E-state index in [9.17, 15) is 4.79 Å². The maximum atomic E-state index is 11.1. The van der Waals surface area contributed by atoms with Gasteiger partial charge in [-0.15, -0.1) is 0 Å². The van der Waals surface area contributed by atoms with Gasteiger partial charge in [-0.05, 0) is 13.8 Å². The highest BCUT2D eigenvalue weighted by Gasteiger charge is 2.16. The van der Waals surface area contributed by atoms with Crippen LogP contribution in [0.15, 0.2) is 0 Å². The third-order valence-corrected chi connectivity index (χ3v) is 2.65. The number of primary amides is 1. The highest BCUT2D eigenvalue weighted by molar-refractivity contribution is 5.79. The number of amides is 1. The van der Waals surface area contributed by atoms with Crippen molar-refractivity contribution in [1.82, 2.24) is 9.97 Å². The number of carbonyl (C=O) groups is 1. The molecule has 100 valence electrons. The number of anilines is 2. The van der Waals surface area contributed by atoms with Gasteiger partial charge in [-0.2, -0.15) is 0 Å². The third-order valence-electron chi connectivity index (χ3n) is 2.65. The smallest absolute Gasteiger partial charge is 0.236 e. The van der Waals surface area contributed by atoms with Crippen molar-refractivity contribution in [3.63, 3.8) is 0 Å². The quantitative estimate of drug-likeness (QED) is 0.483. The molecule has 0 aliphatic carbocycles. The van der Waals surface area contributed by atoms with Crippen LogP contribution in [0.3, 0.4) is 0 Å². The molecule has 0 saturated heterocycles. The van der Waals surface area contributed by atoms with Crippen molar-refractivity contribution in [1.29, 1.82) is 0 Å². The molecule has 1 amide bonds. The lowest BCUT2D eigenvalue weighted by Gasteiger charge is -2.23. The lowest BCUT2D eigenvalue weighted by atomic mass is 10.2. The Morgan fingerprint density at radius 2 is 2.06 bits per heavy atom. The second kappa shape index (κ2) is 6.15. The first-order valence-corrected chi connectivity index (χ1v) is 5.90. The molecule has 0 saturated carbocycles. The summed E-state index contributed by atoms with van der Waals surface area (Å²) in [6.07, 6.45) is 0.691. The van der Waals surface area contributed by atoms with Crippen molar-refractivity contribution < 1.29 is 4.79 Å². The summed E-state index contributed by atoms with van der Waals surface area (Å²) < 4.78 is 0. The SMILES string of the molecule is CCc1nc(NN)c(C)c(N(CC)CC(N)=O)n1. The zero-order valence-electron chi connectivity index (χ0n) is 11.0. The normalized spacial score (nSPS) is 10.2. The van der Waals surface area contributed by atoms with Gasteiger partial charge in [-0.3, -0.25) is 4.79 Å². The molecule has 0 bridgehead atoms. The van der Waals surface area contributed by atoms with Crippen molar-refractivity contribution in [2.45, 2.75) is 27.2 Å². The first-order chi connectivity index (χ1) is 8.53. The van der Waals surface area contributed by atoms with E-state index in [1.165, 1.54) is 0 Å². The van der Waals surface area contributed by atoms with Gasteiger partial charge < -0.3 is 16.1 Å². The van der Waals surface area contributed by atoms with E-state index in [0.29, 0.717) is 30.4 Å². The van der Waals surface area contributed by atoms with Crippen LogP contribution in [0.4, 0.5) is 11.6 Å². The minimum Gasteiger partial charge on any atom is -0.368 e. The zero-order chi connectivity index (χ0) is 13.7. The van der Waals surface area contributed by atoms with Crippen molar-refractivity contribution >= 4 is 17.5 Å². The fourth-order valence-electron chi connectivity index (χ4n) is 1.68. The average Bonchev–Trinajstić information content (AvgIpc) is 2.36. The number of nitrogen functional groups attached to an aromatic ring is 1. The second-order valence-corrected chi connectivity index (χ2v) is 3.92. The van der Waals surface area contributed by atoms with E-state index in [4.69, 9.17) is 11.6 Å². The summed E-state index contributed by atoms with van der Waals surface area (Å²) in [5, 5.41) is 0. The standard InChI is InChI=1S/C11H20N6O/c1-4-9-14-10(16-13)7(3)11(15-9)17(5-2)6-8(12)18/h4-6,13H2,1-3H3,(H2,12,18)(H,14,15,16). The fraction of sp³-hybridized carbons (Fsp3) is 0.545. The molecule has 7 nitrogen and oxygen atoms in total. The highest BCUT2D eigenvalue weighted by atomic mass is 16.1. The van der Waals surface area contributed by atoms with Gasteiger partial charge in [0.2, 0.25) is 5.91 Å². The minimum absolute atomic E-state index is 0.127. The van der Waals surface area contributed by atoms with E-state index in [0.717, 1.165) is 5.56 Å². The summed E-state index contributed by atoms with van der Waals surface area (Å²) >= 11 is 0. The van der Waals surface area contributed by atoms with Crippen LogP contribution in [-0.2, 0) is 11.2 Å². The van der Waals surface area contributed by atoms with Gasteiger partial charge in [-0.1, -0.05) is 6.92 Å². The molecule has 0 aliphatic rings. The summed E-state index contributed by atoms with van der Waals surface area (Å²) in [5.41, 5.74) is 8.59. The summed E-state index contributed by atoms with van der Waals surface area (Å²) in [6.45, 7) is 6.51. The number of nitrogens with two attached hydrogens (primary N) is 2. The van der Waals surface area contributed by atoms with Crippen molar-refractivity contribution in [3.8, 4) is 0 Å². The van der Waals surface area contributed by atoms with Gasteiger partial charge in [-0.25, -0.2) is 15.8 Å². The van der Waals surface area contributed by atoms with E-state index in [1.807, 2.05) is 20.8 Å². The van der Waals surface area contributed by atoms with Crippen LogP contribution in [0.1, 0.15) is 25.2 Å². The van der Waals surface area contributed by atoms with Crippen LogP contribution >= 0.6 is 0 Å². The number of hydrogen-bond acceptors (Lipinski definition) is 6. The Labute approximate surface area is 107 Å². The van der Waals surface area contributed by atoms with Crippen LogP contribution in [0, 0.1) is 6.92 Å². The molecular weight excluding hydrogens is 232 g/mol. The Morgan fingerprint density at radius 3 is 2.50 bits per heavy atom. The summed E-state index contributed by atoms with van der Waals surface area (Å²) in [5.74, 6) is 6.97. The number of likely N-dealkylation sites (N-methyl/N-ethyl adjacent to an activating group) is 1. The van der Waals surface area contributed by atoms with Gasteiger partial charge in [0.25, 0.3) is 0 Å². The van der Waals surface area contributed by atoms with Crippen LogP contribution in [-0.4, -0.2) is 29.0 Å². The Kier molecular flexibility index (Phi) is 4.85. The molecule has 0 aromatic carbocycles. The largest absolute Gasteiger partial charge is 0.368 e. The van der Waals surface area contributed by atoms with Crippen LogP contribution in [0.2, 0.25) is 0 Å². The molecule has 1 aromatic heterocycles. The molecule has 0 atom stereocenters. The lowest BCUT2D eigenvalue weighted by Crippen LogP contribution is -2.35. The summed E-state index contributed by atoms with van der Waals surface area (Å²) in [6, 6.07) is 0. The Bertz CT molecular complexity index is 434. The van der Waals surface area contributed by atoms with Gasteiger partial charge in [0.15, 0.2) is 0 Å². The average molecular weight is 252 g/mol. The maximum absolute atomic E-state index is 11.1. The molecule has 1 rings (SSSR count). The molecule has 0 radical (unpaired) electrons. The molecule has 0 unspecified atom stereocenters. The predicted molar refractivity (Wildman–Crippen MR) is 71.0 cm³/mol. The topological polar surface area (TPSA) is 110 Å². The van der Waals surface area contributed by atoms with E-state index in [2.05, 4.69) is 15.4 Å². The number of nitrogens with one attached hydrogen (secondary N) is 1. The monoisotopic (exact) mass is 252 g/mol. The molecule has 0 spiro atoms. The van der Waals surface area contributed by atoms with Gasteiger partial charge in [0.1, 0.15) is 17.5 Å². The first kappa shape index (κ1) is 14.2. The molecule has 1 aromatic rings. The number of aromatic nitrogens is 2. The Balaban J connectivity index is 3.23. The van der Waals surface area contributed by atoms with Gasteiger partial charge in [0, 0.05) is 18.5 Å². The zero-order valence-corrected chi connectivity index (χ0v) is 11.0. The first-order valence-electron chi connectivity index (χ1n) is 5.90. The van der Waals surface area contributed by atoms with Crippen LogP contribution < -0.4 is 21.9 Å². The van der Waals surface area contributed by atoms with E-state index in [-0.39, 0.29) is 6.54 Å². The molecule has 0 aliphatic heterocycles. The number of nitrogens with zero attached hydrogens (tertiary/aromatic N) is 3. The Morgan fingerprint density at radius 1 is 1.39 bits per heavy atom. The van der Waals surface area contributed by atoms with Crippen LogP contribution in [0.25, 0.3) is 0 Å². The van der Waals surface area contributed by atoms with E-state index < -0.39 is 5.91 Å². The van der Waals surface area contributed by atoms with E-state index >= 15 is 0 Å².